The van der Waals surface area contributed by atoms with Gasteiger partial charge in [-0.1, -0.05) is 27.7 Å². The lowest BCUT2D eigenvalue weighted by Crippen LogP contribution is -2.69. The van der Waals surface area contributed by atoms with Crippen LogP contribution in [-0.2, 0) is 14.0 Å². The van der Waals surface area contributed by atoms with Crippen LogP contribution in [0, 0.1) is 22.7 Å². The van der Waals surface area contributed by atoms with Gasteiger partial charge in [0.05, 0.1) is 17.4 Å². The van der Waals surface area contributed by atoms with Crippen molar-refractivity contribution in [1.82, 2.24) is 0 Å². The second-order valence-electron chi connectivity index (χ2n) is 8.81. The molecule has 0 radical (unpaired) electrons. The highest BCUT2D eigenvalue weighted by Gasteiger charge is 2.68. The zero-order valence-corrected chi connectivity index (χ0v) is 17.4. The molecule has 1 rings (SSSR count). The lowest BCUT2D eigenvalue weighted by molar-refractivity contribution is -0.195. The molecule has 1 heterocycles. The Morgan fingerprint density at radius 2 is 1.38 bits per heavy atom. The largest absolute Gasteiger partial charge is 0.481 e. The van der Waals surface area contributed by atoms with Gasteiger partial charge in [-0.05, 0) is 51.2 Å². The lowest BCUT2D eigenvalue weighted by atomic mass is 9.48. The Bertz CT molecular complexity index is 488. The average Bonchev–Trinajstić information content (AvgIpc) is 2.35. The van der Waals surface area contributed by atoms with Crippen LogP contribution in [0.2, 0.25) is 19.1 Å². The Balaban J connectivity index is 3.83. The topological polar surface area (TPSA) is 83.8 Å². The van der Waals surface area contributed by atoms with E-state index in [9.17, 15) is 19.8 Å². The Morgan fingerprint density at radius 1 is 1.00 bits per heavy atom. The quantitative estimate of drug-likeness (QED) is 0.694. The minimum absolute atomic E-state index is 0.420. The van der Waals surface area contributed by atoms with Gasteiger partial charge in [-0.15, -0.1) is 0 Å². The standard InChI is InChI=1S/C18H34O5Si/c1-9-12(14(19)20)18(13(10-2)15(21)22)11-24(7,8)23-17(5,6)16(18,3)4/h12-13H,9-11H2,1-8H3,(H,19,20)(H,21,22). The van der Waals surface area contributed by atoms with Gasteiger partial charge in [0, 0.05) is 5.41 Å². The number of hydrogen-bond donors (Lipinski definition) is 2. The van der Waals surface area contributed by atoms with Gasteiger partial charge in [-0.25, -0.2) is 0 Å². The van der Waals surface area contributed by atoms with Gasteiger partial charge in [-0.3, -0.25) is 9.59 Å². The number of rotatable bonds is 6. The van der Waals surface area contributed by atoms with E-state index < -0.39 is 48.5 Å². The maximum absolute atomic E-state index is 12.2. The van der Waals surface area contributed by atoms with Crippen LogP contribution in [0.5, 0.6) is 0 Å². The van der Waals surface area contributed by atoms with Crippen LogP contribution < -0.4 is 0 Å². The second kappa shape index (κ2) is 6.45. The van der Waals surface area contributed by atoms with Gasteiger partial charge in [0.2, 0.25) is 0 Å². The first-order chi connectivity index (χ1) is 10.7. The fourth-order valence-corrected chi connectivity index (χ4v) is 9.27. The molecule has 5 nitrogen and oxygen atoms in total. The maximum atomic E-state index is 12.2. The zero-order valence-electron chi connectivity index (χ0n) is 16.4. The van der Waals surface area contributed by atoms with E-state index in [4.69, 9.17) is 4.43 Å². The summed E-state index contributed by atoms with van der Waals surface area (Å²) < 4.78 is 6.43. The molecule has 1 aliphatic rings. The molecule has 0 aromatic carbocycles. The van der Waals surface area contributed by atoms with E-state index in [1.807, 2.05) is 41.5 Å². The summed E-state index contributed by atoms with van der Waals surface area (Å²) in [5, 5.41) is 19.9. The van der Waals surface area contributed by atoms with Crippen molar-refractivity contribution in [2.24, 2.45) is 22.7 Å². The third-order valence-corrected chi connectivity index (χ3v) is 9.07. The van der Waals surface area contributed by atoms with Crippen LogP contribution in [0.1, 0.15) is 54.4 Å². The van der Waals surface area contributed by atoms with Crippen molar-refractivity contribution in [3.8, 4) is 0 Å². The predicted octanol–water partition coefficient (Wildman–Crippen LogP) is 4.23. The lowest BCUT2D eigenvalue weighted by Gasteiger charge is -2.65. The summed E-state index contributed by atoms with van der Waals surface area (Å²) in [4.78, 5) is 24.3. The molecule has 0 aromatic heterocycles. The smallest absolute Gasteiger partial charge is 0.307 e. The van der Waals surface area contributed by atoms with Crippen molar-refractivity contribution in [3.63, 3.8) is 0 Å². The highest BCUT2D eigenvalue weighted by atomic mass is 28.4. The first-order valence-corrected chi connectivity index (χ1v) is 12.0. The molecule has 2 unspecified atom stereocenters. The minimum atomic E-state index is -2.23. The molecule has 1 saturated heterocycles. The molecule has 6 heteroatoms. The summed E-state index contributed by atoms with van der Waals surface area (Å²) in [6.07, 6.45) is 0.839. The molecule has 0 saturated carbocycles. The van der Waals surface area contributed by atoms with Crippen molar-refractivity contribution in [2.45, 2.75) is 79.1 Å². The molecule has 0 aromatic rings. The second-order valence-corrected chi connectivity index (χ2v) is 12.9. The van der Waals surface area contributed by atoms with E-state index in [1.165, 1.54) is 0 Å². The van der Waals surface area contributed by atoms with Crippen LogP contribution in [0.25, 0.3) is 0 Å². The molecule has 0 aliphatic carbocycles. The number of hydrogen-bond acceptors (Lipinski definition) is 3. The van der Waals surface area contributed by atoms with E-state index in [2.05, 4.69) is 13.1 Å². The summed E-state index contributed by atoms with van der Waals surface area (Å²) in [5.74, 6) is -3.20. The van der Waals surface area contributed by atoms with Crippen LogP contribution >= 0.6 is 0 Å². The number of carboxylic acid groups (broad SMARTS) is 2. The van der Waals surface area contributed by atoms with Gasteiger partial charge < -0.3 is 14.6 Å². The van der Waals surface area contributed by atoms with Gasteiger partial charge in [0.1, 0.15) is 0 Å². The summed E-state index contributed by atoms with van der Waals surface area (Å²) in [6, 6.07) is 0.548. The fraction of sp³-hybridized carbons (Fsp3) is 0.889. The van der Waals surface area contributed by atoms with Crippen molar-refractivity contribution in [3.05, 3.63) is 0 Å². The van der Waals surface area contributed by atoms with E-state index in [1.54, 1.807) is 0 Å². The number of aliphatic carboxylic acids is 2. The monoisotopic (exact) mass is 358 g/mol. The zero-order chi connectivity index (χ0) is 19.1. The van der Waals surface area contributed by atoms with E-state index >= 15 is 0 Å². The first kappa shape index (κ1) is 21.2. The summed E-state index contributed by atoms with van der Waals surface area (Å²) in [5.41, 5.74) is -2.03. The maximum Gasteiger partial charge on any atom is 0.307 e. The SMILES string of the molecule is CCC(C(=O)O)C1(C(CC)C(=O)O)C[Si](C)(C)OC(C)(C)C1(C)C. The molecule has 2 N–H and O–H groups in total. The first-order valence-electron chi connectivity index (χ1n) is 8.86. The van der Waals surface area contributed by atoms with Gasteiger partial charge in [0.25, 0.3) is 0 Å². The summed E-state index contributed by atoms with van der Waals surface area (Å²) >= 11 is 0. The van der Waals surface area contributed by atoms with Crippen molar-refractivity contribution in [2.75, 3.05) is 0 Å². The Hall–Kier alpha value is -0.883. The Morgan fingerprint density at radius 3 is 1.67 bits per heavy atom. The van der Waals surface area contributed by atoms with Crippen LogP contribution in [0.4, 0.5) is 0 Å². The highest BCUT2D eigenvalue weighted by Crippen LogP contribution is 2.65. The summed E-state index contributed by atoms with van der Waals surface area (Å²) in [7, 11) is -2.23. The molecule has 0 amide bonds. The molecule has 2 atom stereocenters. The van der Waals surface area contributed by atoms with Crippen LogP contribution in [0.15, 0.2) is 0 Å². The van der Waals surface area contributed by atoms with Gasteiger partial charge in [0.15, 0.2) is 8.32 Å². The summed E-state index contributed by atoms with van der Waals surface area (Å²) in [6.45, 7) is 15.8. The highest BCUT2D eigenvalue weighted by molar-refractivity contribution is 6.71. The van der Waals surface area contributed by atoms with Gasteiger partial charge >= 0.3 is 11.9 Å². The minimum Gasteiger partial charge on any atom is -0.481 e. The number of carboxylic acids is 2. The Kier molecular flexibility index (Phi) is 5.68. The average molecular weight is 359 g/mol. The van der Waals surface area contributed by atoms with E-state index in [0.29, 0.717) is 18.9 Å². The normalized spacial score (nSPS) is 30.3. The van der Waals surface area contributed by atoms with Crippen LogP contribution in [-0.4, -0.2) is 36.1 Å². The third kappa shape index (κ3) is 3.03. The molecular formula is C18H34O5Si. The predicted molar refractivity (Wildman–Crippen MR) is 96.5 cm³/mol. The molecule has 1 fully saturated rings. The van der Waals surface area contributed by atoms with E-state index in [-0.39, 0.29) is 0 Å². The molecule has 0 bridgehead atoms. The molecule has 1 aliphatic heterocycles. The van der Waals surface area contributed by atoms with Crippen LogP contribution in [0.3, 0.4) is 0 Å². The van der Waals surface area contributed by atoms with E-state index in [0.717, 1.165) is 0 Å². The molecule has 0 spiro atoms. The number of carbonyl (C=O) groups is 2. The molecule has 24 heavy (non-hydrogen) atoms. The third-order valence-electron chi connectivity index (χ3n) is 6.57. The fourth-order valence-electron chi connectivity index (χ4n) is 5.22. The van der Waals surface area contributed by atoms with Crippen molar-refractivity contribution in [1.29, 1.82) is 0 Å². The Labute approximate surface area is 146 Å². The van der Waals surface area contributed by atoms with Crippen molar-refractivity contribution < 1.29 is 24.2 Å². The van der Waals surface area contributed by atoms with Crippen molar-refractivity contribution >= 4 is 20.3 Å². The molecular weight excluding hydrogens is 324 g/mol. The molecule has 140 valence electrons. The van der Waals surface area contributed by atoms with Gasteiger partial charge in [-0.2, -0.15) is 0 Å².